The lowest BCUT2D eigenvalue weighted by Crippen LogP contribution is -2.39. The molecule has 0 spiro atoms. The predicted molar refractivity (Wildman–Crippen MR) is 91.2 cm³/mol. The molecule has 0 radical (unpaired) electrons. The summed E-state index contributed by atoms with van der Waals surface area (Å²) in [6, 6.07) is 8.54. The molecule has 5 nitrogen and oxygen atoms in total. The second kappa shape index (κ2) is 6.32. The van der Waals surface area contributed by atoms with E-state index in [1.165, 1.54) is 6.07 Å². The van der Waals surface area contributed by atoms with Gasteiger partial charge in [-0.2, -0.15) is 10.4 Å². The van der Waals surface area contributed by atoms with Crippen LogP contribution in [0.15, 0.2) is 30.5 Å². The van der Waals surface area contributed by atoms with Crippen LogP contribution in [0.3, 0.4) is 0 Å². The number of hydrogen-bond acceptors (Lipinski definition) is 3. The number of fused-ring (bicyclic) bond motifs is 1. The van der Waals surface area contributed by atoms with Gasteiger partial charge in [0.1, 0.15) is 17.4 Å². The molecule has 0 aliphatic carbocycles. The second-order valence-corrected chi connectivity index (χ2v) is 7.37. The summed E-state index contributed by atoms with van der Waals surface area (Å²) in [4.78, 5) is 14.2. The molecule has 0 bridgehead atoms. The van der Waals surface area contributed by atoms with Crippen molar-refractivity contribution in [3.8, 4) is 11.8 Å². The molecule has 1 aromatic heterocycles. The normalized spacial score (nSPS) is 17.3. The number of rotatable bonds is 2. The molecule has 1 atom stereocenters. The summed E-state index contributed by atoms with van der Waals surface area (Å²) in [7, 11) is 0. The minimum absolute atomic E-state index is 0.179. The predicted octanol–water partition coefficient (Wildman–Crippen LogP) is 3.08. The van der Waals surface area contributed by atoms with Gasteiger partial charge in [0.05, 0.1) is 12.3 Å². The Balaban J connectivity index is 2.04. The van der Waals surface area contributed by atoms with Gasteiger partial charge in [0.25, 0.3) is 0 Å². The molecule has 1 aromatic carbocycles. The van der Waals surface area contributed by atoms with Gasteiger partial charge in [-0.25, -0.2) is 9.07 Å². The van der Waals surface area contributed by atoms with Gasteiger partial charge in [0.15, 0.2) is 0 Å². The van der Waals surface area contributed by atoms with Crippen molar-refractivity contribution in [3.05, 3.63) is 47.5 Å². The van der Waals surface area contributed by atoms with E-state index in [0.717, 1.165) is 11.3 Å². The Morgan fingerprint density at radius 3 is 2.80 bits per heavy atom. The van der Waals surface area contributed by atoms with E-state index >= 15 is 0 Å². The molecule has 1 unspecified atom stereocenters. The van der Waals surface area contributed by atoms with Gasteiger partial charge in [-0.1, -0.05) is 26.0 Å². The van der Waals surface area contributed by atoms with Crippen molar-refractivity contribution in [2.45, 2.75) is 33.7 Å². The summed E-state index contributed by atoms with van der Waals surface area (Å²) in [6.07, 6.45) is 2.36. The van der Waals surface area contributed by atoms with Crippen molar-refractivity contribution in [2.24, 2.45) is 11.3 Å². The summed E-state index contributed by atoms with van der Waals surface area (Å²) in [5, 5.41) is 13.4. The van der Waals surface area contributed by atoms with E-state index in [1.54, 1.807) is 40.9 Å². The van der Waals surface area contributed by atoms with E-state index in [9.17, 15) is 9.18 Å². The molecule has 1 amide bonds. The number of carbonyl (C=O) groups excluding carboxylic acids is 1. The van der Waals surface area contributed by atoms with Crippen LogP contribution in [-0.2, 0) is 17.8 Å². The highest BCUT2D eigenvalue weighted by molar-refractivity contribution is 5.81. The molecule has 25 heavy (non-hydrogen) atoms. The average molecular weight is 340 g/mol. The molecular formula is C19H21FN4O. The Morgan fingerprint density at radius 1 is 1.40 bits per heavy atom. The van der Waals surface area contributed by atoms with Gasteiger partial charge >= 0.3 is 0 Å². The summed E-state index contributed by atoms with van der Waals surface area (Å²) in [6.45, 7) is 6.68. The molecule has 1 aliphatic heterocycles. The third-order valence-corrected chi connectivity index (χ3v) is 4.54. The maximum atomic E-state index is 14.2. The average Bonchev–Trinajstić information content (AvgIpc) is 2.88. The topological polar surface area (TPSA) is 61.9 Å². The van der Waals surface area contributed by atoms with Crippen molar-refractivity contribution in [1.29, 1.82) is 5.26 Å². The number of nitriles is 1. The maximum absolute atomic E-state index is 14.2. The lowest BCUT2D eigenvalue weighted by atomic mass is 9.87. The Kier molecular flexibility index (Phi) is 4.34. The Bertz CT molecular complexity index is 849. The Morgan fingerprint density at radius 2 is 2.12 bits per heavy atom. The van der Waals surface area contributed by atoms with Gasteiger partial charge in [-0.15, -0.1) is 0 Å². The zero-order valence-electron chi connectivity index (χ0n) is 14.7. The van der Waals surface area contributed by atoms with Crippen molar-refractivity contribution >= 4 is 5.91 Å². The van der Waals surface area contributed by atoms with Crippen molar-refractivity contribution in [3.63, 3.8) is 0 Å². The van der Waals surface area contributed by atoms with Crippen LogP contribution in [0.25, 0.3) is 5.69 Å². The highest BCUT2D eigenvalue weighted by atomic mass is 19.1. The lowest BCUT2D eigenvalue weighted by Gasteiger charge is -2.30. The van der Waals surface area contributed by atoms with Gasteiger partial charge in [0, 0.05) is 24.3 Å². The standard InChI is InChI=1S/C19H21FN4O/c1-13(9-21)18(25)23-11-14-10-22-24(16-7-5-4-6-15(16)20)17(14)8-19(2,3)12-23/h4-7,10,13H,8,11-12H2,1-3H3. The zero-order chi connectivity index (χ0) is 18.2. The van der Waals surface area contributed by atoms with Crippen LogP contribution in [0, 0.1) is 28.5 Å². The van der Waals surface area contributed by atoms with E-state index in [-0.39, 0.29) is 17.1 Å². The fourth-order valence-corrected chi connectivity index (χ4v) is 3.33. The fourth-order valence-electron chi connectivity index (χ4n) is 3.33. The van der Waals surface area contributed by atoms with Crippen LogP contribution in [-0.4, -0.2) is 27.1 Å². The van der Waals surface area contributed by atoms with E-state index < -0.39 is 5.92 Å². The van der Waals surface area contributed by atoms with E-state index in [4.69, 9.17) is 5.26 Å². The molecular weight excluding hydrogens is 319 g/mol. The number of para-hydroxylation sites is 1. The van der Waals surface area contributed by atoms with Crippen molar-refractivity contribution in [1.82, 2.24) is 14.7 Å². The largest absolute Gasteiger partial charge is 0.337 e. The van der Waals surface area contributed by atoms with Crippen LogP contribution in [0.4, 0.5) is 4.39 Å². The second-order valence-electron chi connectivity index (χ2n) is 7.37. The van der Waals surface area contributed by atoms with Crippen LogP contribution in [0.5, 0.6) is 0 Å². The highest BCUT2D eigenvalue weighted by Gasteiger charge is 2.34. The van der Waals surface area contributed by atoms with Gasteiger partial charge in [0.2, 0.25) is 5.91 Å². The van der Waals surface area contributed by atoms with Crippen molar-refractivity contribution in [2.75, 3.05) is 6.54 Å². The monoisotopic (exact) mass is 340 g/mol. The molecule has 0 saturated carbocycles. The highest BCUT2D eigenvalue weighted by Crippen LogP contribution is 2.32. The molecule has 0 saturated heterocycles. The molecule has 1 aliphatic rings. The Hall–Kier alpha value is -2.68. The number of amides is 1. The van der Waals surface area contributed by atoms with E-state index in [0.29, 0.717) is 25.2 Å². The van der Waals surface area contributed by atoms with Crippen LogP contribution >= 0.6 is 0 Å². The number of aromatic nitrogens is 2. The SMILES string of the molecule is CC(C#N)C(=O)N1Cc2cnn(-c3ccccc3F)c2CC(C)(C)C1. The summed E-state index contributed by atoms with van der Waals surface area (Å²) in [5.74, 6) is -1.19. The maximum Gasteiger partial charge on any atom is 0.239 e. The molecule has 6 heteroatoms. The molecule has 130 valence electrons. The zero-order valence-corrected chi connectivity index (χ0v) is 14.7. The minimum Gasteiger partial charge on any atom is -0.337 e. The summed E-state index contributed by atoms with van der Waals surface area (Å²) in [5.41, 5.74) is 2.01. The smallest absolute Gasteiger partial charge is 0.239 e. The van der Waals surface area contributed by atoms with Gasteiger partial charge < -0.3 is 4.90 Å². The van der Waals surface area contributed by atoms with Crippen LogP contribution in [0.2, 0.25) is 0 Å². The molecule has 0 N–H and O–H groups in total. The first kappa shape index (κ1) is 17.2. The molecule has 3 rings (SSSR count). The quantitative estimate of drug-likeness (QED) is 0.844. The first-order chi connectivity index (χ1) is 11.8. The molecule has 0 fully saturated rings. The van der Waals surface area contributed by atoms with E-state index in [2.05, 4.69) is 18.9 Å². The molecule has 2 aromatic rings. The number of hydrogen-bond donors (Lipinski definition) is 0. The number of benzene rings is 1. The van der Waals surface area contributed by atoms with Crippen LogP contribution in [0.1, 0.15) is 32.0 Å². The van der Waals surface area contributed by atoms with E-state index in [1.807, 2.05) is 6.07 Å². The summed E-state index contributed by atoms with van der Waals surface area (Å²) >= 11 is 0. The van der Waals surface area contributed by atoms with Gasteiger partial charge in [-0.05, 0) is 30.9 Å². The van der Waals surface area contributed by atoms with Crippen LogP contribution < -0.4 is 0 Å². The number of carbonyl (C=O) groups is 1. The minimum atomic E-state index is -0.682. The fraction of sp³-hybridized carbons (Fsp3) is 0.421. The van der Waals surface area contributed by atoms with Gasteiger partial charge in [-0.3, -0.25) is 4.79 Å². The number of halogens is 1. The Labute approximate surface area is 146 Å². The van der Waals surface area contributed by atoms with Crippen molar-refractivity contribution < 1.29 is 9.18 Å². The molecule has 2 heterocycles. The lowest BCUT2D eigenvalue weighted by molar-refractivity contribution is -0.135. The third kappa shape index (κ3) is 3.27. The third-order valence-electron chi connectivity index (χ3n) is 4.54. The first-order valence-corrected chi connectivity index (χ1v) is 8.31. The number of nitrogens with zero attached hydrogens (tertiary/aromatic N) is 4. The first-order valence-electron chi connectivity index (χ1n) is 8.31. The summed E-state index contributed by atoms with van der Waals surface area (Å²) < 4.78 is 15.8.